The Kier molecular flexibility index (Phi) is 3.90. The molecule has 1 N–H and O–H groups in total. The topological polar surface area (TPSA) is 37.8 Å². The number of alkyl halides is 3. The van der Waals surface area contributed by atoms with Crippen molar-refractivity contribution in [1.29, 1.82) is 0 Å². The quantitative estimate of drug-likeness (QED) is 0.867. The maximum Gasteiger partial charge on any atom is 0.405 e. The first-order chi connectivity index (χ1) is 6.90. The van der Waals surface area contributed by atoms with Crippen molar-refractivity contribution in [2.75, 3.05) is 11.9 Å². The molecular weight excluding hydrogens is 275 g/mol. The number of nitrogens with zero attached hydrogens (tertiary/aromatic N) is 2. The largest absolute Gasteiger partial charge is 0.405 e. The Morgan fingerprint density at radius 3 is 2.60 bits per heavy atom. The molecule has 84 valence electrons. The molecule has 0 radical (unpaired) electrons. The Morgan fingerprint density at radius 2 is 2.07 bits per heavy atom. The molecule has 0 aliphatic rings. The number of halogens is 4. The zero-order valence-electron chi connectivity index (χ0n) is 7.90. The molecule has 0 spiro atoms. The van der Waals surface area contributed by atoms with Crippen molar-refractivity contribution in [3.05, 3.63) is 16.5 Å². The Hall–Kier alpha value is -0.850. The van der Waals surface area contributed by atoms with Crippen LogP contribution in [0.15, 0.2) is 10.7 Å². The van der Waals surface area contributed by atoms with E-state index in [1.165, 1.54) is 6.07 Å². The fraction of sp³-hybridized carbons (Fsp3) is 0.500. The van der Waals surface area contributed by atoms with E-state index in [2.05, 4.69) is 31.2 Å². The first-order valence-corrected chi connectivity index (χ1v) is 5.04. The SMILES string of the molecule is CCc1nc(Br)cc(NCC(F)(F)F)n1. The van der Waals surface area contributed by atoms with Crippen LogP contribution in [-0.2, 0) is 6.42 Å². The van der Waals surface area contributed by atoms with Gasteiger partial charge in [0.2, 0.25) is 0 Å². The van der Waals surface area contributed by atoms with Gasteiger partial charge in [0, 0.05) is 12.5 Å². The molecule has 0 aliphatic heterocycles. The van der Waals surface area contributed by atoms with Gasteiger partial charge in [-0.2, -0.15) is 13.2 Å². The summed E-state index contributed by atoms with van der Waals surface area (Å²) in [6.07, 6.45) is -3.68. The molecule has 3 nitrogen and oxygen atoms in total. The molecule has 0 atom stereocenters. The third-order valence-corrected chi connectivity index (χ3v) is 1.93. The first-order valence-electron chi connectivity index (χ1n) is 4.25. The number of hydrogen-bond acceptors (Lipinski definition) is 3. The minimum atomic E-state index is -4.25. The van der Waals surface area contributed by atoms with Crippen LogP contribution in [-0.4, -0.2) is 22.7 Å². The third kappa shape index (κ3) is 4.46. The van der Waals surface area contributed by atoms with Gasteiger partial charge in [-0.15, -0.1) is 0 Å². The molecule has 0 saturated heterocycles. The van der Waals surface area contributed by atoms with E-state index >= 15 is 0 Å². The average molecular weight is 284 g/mol. The van der Waals surface area contributed by atoms with E-state index in [1.807, 2.05) is 6.92 Å². The van der Waals surface area contributed by atoms with Gasteiger partial charge in [-0.3, -0.25) is 0 Å². The van der Waals surface area contributed by atoms with Crippen LogP contribution in [0.25, 0.3) is 0 Å². The molecule has 0 aromatic carbocycles. The van der Waals surface area contributed by atoms with E-state index in [0.717, 1.165) is 0 Å². The lowest BCUT2D eigenvalue weighted by molar-refractivity contribution is -0.115. The summed E-state index contributed by atoms with van der Waals surface area (Å²) in [5, 5.41) is 2.19. The van der Waals surface area contributed by atoms with Crippen molar-refractivity contribution in [3.63, 3.8) is 0 Å². The van der Waals surface area contributed by atoms with Gasteiger partial charge in [0.25, 0.3) is 0 Å². The minimum Gasteiger partial charge on any atom is -0.361 e. The number of nitrogens with one attached hydrogen (secondary N) is 1. The van der Waals surface area contributed by atoms with Gasteiger partial charge >= 0.3 is 6.18 Å². The highest BCUT2D eigenvalue weighted by atomic mass is 79.9. The molecule has 0 saturated carbocycles. The Balaban J connectivity index is 2.73. The fourth-order valence-electron chi connectivity index (χ4n) is 0.904. The van der Waals surface area contributed by atoms with Gasteiger partial charge in [-0.25, -0.2) is 9.97 Å². The summed E-state index contributed by atoms with van der Waals surface area (Å²) >= 11 is 3.10. The lowest BCUT2D eigenvalue weighted by atomic mass is 10.4. The standard InChI is InChI=1S/C8H9BrF3N3/c1-2-6-14-5(9)3-7(15-6)13-4-8(10,11)12/h3H,2,4H2,1H3,(H,13,14,15). The fourth-order valence-corrected chi connectivity index (χ4v) is 1.33. The van der Waals surface area contributed by atoms with Crippen molar-refractivity contribution in [1.82, 2.24) is 9.97 Å². The number of anilines is 1. The predicted molar refractivity (Wildman–Crippen MR) is 53.7 cm³/mol. The van der Waals surface area contributed by atoms with Crippen LogP contribution in [0, 0.1) is 0 Å². The van der Waals surface area contributed by atoms with Crippen LogP contribution < -0.4 is 5.32 Å². The summed E-state index contributed by atoms with van der Waals surface area (Å²) in [7, 11) is 0. The molecule has 1 rings (SSSR count). The van der Waals surface area contributed by atoms with Gasteiger partial charge < -0.3 is 5.32 Å². The smallest absolute Gasteiger partial charge is 0.361 e. The monoisotopic (exact) mass is 283 g/mol. The number of hydrogen-bond donors (Lipinski definition) is 1. The second-order valence-corrected chi connectivity index (χ2v) is 3.63. The van der Waals surface area contributed by atoms with E-state index in [0.29, 0.717) is 16.8 Å². The van der Waals surface area contributed by atoms with Crippen LogP contribution in [0.3, 0.4) is 0 Å². The molecule has 0 bridgehead atoms. The Bertz CT molecular complexity index is 340. The molecule has 0 unspecified atom stereocenters. The van der Waals surface area contributed by atoms with Crippen LogP contribution in [0.5, 0.6) is 0 Å². The Labute approximate surface area is 93.2 Å². The zero-order valence-corrected chi connectivity index (χ0v) is 9.48. The minimum absolute atomic E-state index is 0.172. The second-order valence-electron chi connectivity index (χ2n) is 2.81. The van der Waals surface area contributed by atoms with Crippen molar-refractivity contribution < 1.29 is 13.2 Å². The van der Waals surface area contributed by atoms with Crippen LogP contribution >= 0.6 is 15.9 Å². The molecule has 0 fully saturated rings. The van der Waals surface area contributed by atoms with Crippen molar-refractivity contribution in [2.24, 2.45) is 0 Å². The molecule has 15 heavy (non-hydrogen) atoms. The van der Waals surface area contributed by atoms with E-state index in [1.54, 1.807) is 0 Å². The van der Waals surface area contributed by atoms with Gasteiger partial charge in [0.1, 0.15) is 22.8 Å². The van der Waals surface area contributed by atoms with Crippen LogP contribution in [0.4, 0.5) is 19.0 Å². The molecule has 1 aromatic rings. The lowest BCUT2D eigenvalue weighted by Crippen LogP contribution is -2.22. The number of aryl methyl sites for hydroxylation is 1. The average Bonchev–Trinajstić information content (AvgIpc) is 2.13. The summed E-state index contributed by atoms with van der Waals surface area (Å²) in [6.45, 7) is 0.731. The van der Waals surface area contributed by atoms with E-state index in [9.17, 15) is 13.2 Å². The van der Waals surface area contributed by atoms with Crippen molar-refractivity contribution >= 4 is 21.7 Å². The van der Waals surface area contributed by atoms with Gasteiger partial charge in [-0.1, -0.05) is 6.92 Å². The van der Waals surface area contributed by atoms with Crippen molar-refractivity contribution in [2.45, 2.75) is 19.5 Å². The van der Waals surface area contributed by atoms with E-state index in [4.69, 9.17) is 0 Å². The maximum atomic E-state index is 11.9. The summed E-state index contributed by atoms with van der Waals surface area (Å²) in [5.74, 6) is 0.667. The highest BCUT2D eigenvalue weighted by Crippen LogP contribution is 2.17. The van der Waals surface area contributed by atoms with E-state index < -0.39 is 12.7 Å². The van der Waals surface area contributed by atoms with E-state index in [-0.39, 0.29) is 5.82 Å². The molecule has 0 amide bonds. The summed E-state index contributed by atoms with van der Waals surface area (Å²) < 4.78 is 36.2. The van der Waals surface area contributed by atoms with Crippen molar-refractivity contribution in [3.8, 4) is 0 Å². The number of aromatic nitrogens is 2. The number of rotatable bonds is 3. The van der Waals surface area contributed by atoms with Crippen LogP contribution in [0.1, 0.15) is 12.7 Å². The highest BCUT2D eigenvalue weighted by Gasteiger charge is 2.26. The van der Waals surface area contributed by atoms with Gasteiger partial charge in [-0.05, 0) is 15.9 Å². The first kappa shape index (κ1) is 12.2. The molecule has 1 aromatic heterocycles. The summed E-state index contributed by atoms with van der Waals surface area (Å²) in [6, 6.07) is 1.41. The maximum absolute atomic E-state index is 11.9. The van der Waals surface area contributed by atoms with Crippen LogP contribution in [0.2, 0.25) is 0 Å². The zero-order chi connectivity index (χ0) is 11.5. The third-order valence-electron chi connectivity index (χ3n) is 1.53. The second kappa shape index (κ2) is 4.78. The predicted octanol–water partition coefficient (Wildman–Crippen LogP) is 2.78. The van der Waals surface area contributed by atoms with Gasteiger partial charge in [0.15, 0.2) is 0 Å². The normalized spacial score (nSPS) is 11.5. The summed E-state index contributed by atoms with van der Waals surface area (Å²) in [4.78, 5) is 7.88. The Morgan fingerprint density at radius 1 is 1.40 bits per heavy atom. The molecule has 7 heteroatoms. The molecule has 0 aliphatic carbocycles. The summed E-state index contributed by atoms with van der Waals surface area (Å²) in [5.41, 5.74) is 0. The molecular formula is C8H9BrF3N3. The highest BCUT2D eigenvalue weighted by molar-refractivity contribution is 9.10. The molecule has 1 heterocycles. The lowest BCUT2D eigenvalue weighted by Gasteiger charge is -2.09. The van der Waals surface area contributed by atoms with Gasteiger partial charge in [0.05, 0.1) is 0 Å².